The molecule has 8 nitrogen and oxygen atoms in total. The lowest BCUT2D eigenvalue weighted by Gasteiger charge is -2.35. The van der Waals surface area contributed by atoms with Crippen LogP contribution in [0.1, 0.15) is 21.6 Å². The van der Waals surface area contributed by atoms with E-state index in [-0.39, 0.29) is 12.4 Å². The molecule has 2 aromatic heterocycles. The number of anilines is 1. The van der Waals surface area contributed by atoms with Crippen LogP contribution in [0, 0.1) is 6.92 Å². The Morgan fingerprint density at radius 1 is 1.13 bits per heavy atom. The summed E-state index contributed by atoms with van der Waals surface area (Å²) >= 11 is 0. The van der Waals surface area contributed by atoms with Crippen molar-refractivity contribution in [3.63, 3.8) is 0 Å². The van der Waals surface area contributed by atoms with Crippen LogP contribution in [0.4, 0.5) is 5.69 Å². The third-order valence-electron chi connectivity index (χ3n) is 5.32. The van der Waals surface area contributed by atoms with E-state index in [0.29, 0.717) is 11.5 Å². The summed E-state index contributed by atoms with van der Waals surface area (Å²) in [7, 11) is 0. The first-order chi connectivity index (χ1) is 14.6. The largest absolute Gasteiger partial charge is 0.369 e. The first-order valence-electron chi connectivity index (χ1n) is 9.97. The molecule has 9 heteroatoms. The van der Waals surface area contributed by atoms with E-state index in [1.807, 2.05) is 31.3 Å². The first kappa shape index (κ1) is 22.5. The van der Waals surface area contributed by atoms with Gasteiger partial charge >= 0.3 is 0 Å². The zero-order chi connectivity index (χ0) is 20.9. The molecule has 0 saturated carbocycles. The van der Waals surface area contributed by atoms with E-state index in [0.717, 1.165) is 49.7 Å². The number of carbonyl (C=O) groups is 1. The minimum absolute atomic E-state index is 0. The summed E-state index contributed by atoms with van der Waals surface area (Å²) < 4.78 is 1.75. The molecule has 1 fully saturated rings. The third-order valence-corrected chi connectivity index (χ3v) is 5.32. The van der Waals surface area contributed by atoms with Gasteiger partial charge in [0.25, 0.3) is 5.95 Å². The molecule has 3 heterocycles. The Morgan fingerprint density at radius 3 is 2.58 bits per heavy atom. The number of amides is 1. The lowest BCUT2D eigenvalue weighted by atomic mass is 10.1. The highest BCUT2D eigenvalue weighted by atomic mass is 35.5. The van der Waals surface area contributed by atoms with E-state index >= 15 is 0 Å². The number of nitrogens with two attached hydrogens (primary N) is 1. The predicted molar refractivity (Wildman–Crippen MR) is 124 cm³/mol. The van der Waals surface area contributed by atoms with E-state index < -0.39 is 5.91 Å². The number of carbonyl (C=O) groups excluding carboxylic acids is 1. The maximum Gasteiger partial charge on any atom is 0.250 e. The van der Waals surface area contributed by atoms with Gasteiger partial charge in [0.2, 0.25) is 5.91 Å². The van der Waals surface area contributed by atoms with Crippen LogP contribution >= 0.6 is 12.4 Å². The topological polar surface area (TPSA) is 93.2 Å². The van der Waals surface area contributed by atoms with E-state index in [1.54, 1.807) is 29.2 Å². The molecule has 1 amide bonds. The molecular weight excluding hydrogens is 414 g/mol. The van der Waals surface area contributed by atoms with Crippen LogP contribution < -0.4 is 10.6 Å². The van der Waals surface area contributed by atoms with Crippen LogP contribution in [0.2, 0.25) is 0 Å². The number of nitrogens with zero attached hydrogens (tertiary/aromatic N) is 6. The molecule has 3 aromatic rings. The second kappa shape index (κ2) is 10.2. The number of hydrogen-bond acceptors (Lipinski definition) is 6. The predicted octanol–water partition coefficient (Wildman–Crippen LogP) is 2.33. The van der Waals surface area contributed by atoms with Crippen LogP contribution in [0.15, 0.2) is 55.0 Å². The molecule has 1 aliphatic heterocycles. The first-order valence-corrected chi connectivity index (χ1v) is 9.97. The fraction of sp³-hybridized carbons (Fsp3) is 0.273. The van der Waals surface area contributed by atoms with Gasteiger partial charge in [-0.25, -0.2) is 14.6 Å². The Balaban J connectivity index is 0.00000272. The fourth-order valence-electron chi connectivity index (χ4n) is 3.56. The summed E-state index contributed by atoms with van der Waals surface area (Å²) in [6, 6.07) is 9.32. The van der Waals surface area contributed by atoms with Crippen LogP contribution in [0.3, 0.4) is 0 Å². The standard InChI is InChI=1S/C22H25N7O.ClH/c1-17-19(16-26-29(17)22-24-8-4-9-25-22)6-3-10-27-11-13-28(14-12-27)20-7-2-5-18(15-20)21(23)30;/h2-9,15-16H,10-14H2,1H3,(H2,23,30);1H. The van der Waals surface area contributed by atoms with Gasteiger partial charge in [0, 0.05) is 61.9 Å². The van der Waals surface area contributed by atoms with Crippen molar-refractivity contribution < 1.29 is 4.79 Å². The molecule has 1 aromatic carbocycles. The van der Waals surface area contributed by atoms with Gasteiger partial charge in [0.15, 0.2) is 0 Å². The lowest BCUT2D eigenvalue weighted by molar-refractivity contribution is 0.100. The van der Waals surface area contributed by atoms with Crippen LogP contribution in [-0.4, -0.2) is 63.3 Å². The molecule has 162 valence electrons. The normalized spacial score (nSPS) is 14.5. The summed E-state index contributed by atoms with van der Waals surface area (Å²) in [5.74, 6) is 0.184. The highest BCUT2D eigenvalue weighted by Crippen LogP contribution is 2.18. The smallest absolute Gasteiger partial charge is 0.250 e. The second-order valence-electron chi connectivity index (χ2n) is 7.25. The number of primary amides is 1. The van der Waals surface area contributed by atoms with Crippen molar-refractivity contribution in [2.45, 2.75) is 6.92 Å². The zero-order valence-electron chi connectivity index (χ0n) is 17.4. The van der Waals surface area contributed by atoms with Crippen molar-refractivity contribution in [2.75, 3.05) is 37.6 Å². The quantitative estimate of drug-likeness (QED) is 0.633. The molecule has 0 aliphatic carbocycles. The van der Waals surface area contributed by atoms with Crippen LogP contribution in [-0.2, 0) is 0 Å². The SMILES string of the molecule is Cc1c(C=CCN2CCN(c3cccc(C(N)=O)c3)CC2)cnn1-c1ncccn1.Cl. The Bertz CT molecular complexity index is 1040. The number of piperazine rings is 1. The maximum atomic E-state index is 11.4. The number of aromatic nitrogens is 4. The zero-order valence-corrected chi connectivity index (χ0v) is 18.2. The molecular formula is C22H26ClN7O. The van der Waals surface area contributed by atoms with Crippen molar-refractivity contribution in [3.8, 4) is 5.95 Å². The summed E-state index contributed by atoms with van der Waals surface area (Å²) in [4.78, 5) is 24.6. The van der Waals surface area contributed by atoms with Gasteiger partial charge in [0.05, 0.1) is 11.9 Å². The molecule has 0 bridgehead atoms. The van der Waals surface area contributed by atoms with Gasteiger partial charge in [0.1, 0.15) is 0 Å². The molecule has 1 saturated heterocycles. The molecule has 1 aliphatic rings. The van der Waals surface area contributed by atoms with E-state index in [1.165, 1.54) is 0 Å². The van der Waals surface area contributed by atoms with Gasteiger partial charge in [-0.3, -0.25) is 9.69 Å². The number of hydrogen-bond donors (Lipinski definition) is 1. The number of halogens is 1. The van der Waals surface area contributed by atoms with E-state index in [4.69, 9.17) is 5.73 Å². The molecule has 0 unspecified atom stereocenters. The van der Waals surface area contributed by atoms with Crippen LogP contribution in [0.25, 0.3) is 12.0 Å². The van der Waals surface area contributed by atoms with Crippen molar-refractivity contribution in [1.29, 1.82) is 0 Å². The molecule has 31 heavy (non-hydrogen) atoms. The molecule has 2 N–H and O–H groups in total. The monoisotopic (exact) mass is 439 g/mol. The van der Waals surface area contributed by atoms with E-state index in [2.05, 4.69) is 37.0 Å². The number of rotatable bonds is 6. The maximum absolute atomic E-state index is 11.4. The minimum atomic E-state index is -0.391. The van der Waals surface area contributed by atoms with Gasteiger partial charge < -0.3 is 10.6 Å². The van der Waals surface area contributed by atoms with Gasteiger partial charge in [-0.2, -0.15) is 5.10 Å². The van der Waals surface area contributed by atoms with Gasteiger partial charge in [-0.1, -0.05) is 18.2 Å². The minimum Gasteiger partial charge on any atom is -0.369 e. The Kier molecular flexibility index (Phi) is 7.38. The average Bonchev–Trinajstić information content (AvgIpc) is 3.15. The fourth-order valence-corrected chi connectivity index (χ4v) is 3.56. The lowest BCUT2D eigenvalue weighted by Crippen LogP contribution is -2.46. The summed E-state index contributed by atoms with van der Waals surface area (Å²) in [5, 5.41) is 4.40. The van der Waals surface area contributed by atoms with Gasteiger partial charge in [-0.05, 0) is 31.2 Å². The number of benzene rings is 1. The highest BCUT2D eigenvalue weighted by Gasteiger charge is 2.17. The van der Waals surface area contributed by atoms with Crippen molar-refractivity contribution in [2.24, 2.45) is 5.73 Å². The third kappa shape index (κ3) is 5.28. The molecule has 4 rings (SSSR count). The second-order valence-corrected chi connectivity index (χ2v) is 7.25. The average molecular weight is 440 g/mol. The van der Waals surface area contributed by atoms with Crippen molar-refractivity contribution in [1.82, 2.24) is 24.6 Å². The van der Waals surface area contributed by atoms with Crippen LogP contribution in [0.5, 0.6) is 0 Å². The van der Waals surface area contributed by atoms with E-state index in [9.17, 15) is 4.79 Å². The molecule has 0 radical (unpaired) electrons. The Labute approximate surface area is 187 Å². The van der Waals surface area contributed by atoms with Crippen molar-refractivity contribution in [3.05, 3.63) is 71.8 Å². The van der Waals surface area contributed by atoms with Crippen molar-refractivity contribution >= 4 is 30.1 Å². The van der Waals surface area contributed by atoms with Gasteiger partial charge in [-0.15, -0.1) is 12.4 Å². The Morgan fingerprint density at radius 2 is 1.87 bits per heavy atom. The molecule has 0 spiro atoms. The molecule has 0 atom stereocenters. The highest BCUT2D eigenvalue weighted by molar-refractivity contribution is 5.93. The summed E-state index contributed by atoms with van der Waals surface area (Å²) in [5.41, 5.74) is 9.07. The Hall–Kier alpha value is -3.23. The summed E-state index contributed by atoms with van der Waals surface area (Å²) in [6.07, 6.45) is 9.53. The summed E-state index contributed by atoms with van der Waals surface area (Å²) in [6.45, 7) is 6.64.